The summed E-state index contributed by atoms with van der Waals surface area (Å²) in [5.74, 6) is -18.0. The lowest BCUT2D eigenvalue weighted by atomic mass is 10.0. The van der Waals surface area contributed by atoms with Crippen molar-refractivity contribution in [1.29, 1.82) is 0 Å². The van der Waals surface area contributed by atoms with Crippen LogP contribution in [0.1, 0.15) is 156 Å². The number of thioether (sulfide) groups is 1. The minimum atomic E-state index is -1.91. The number of aliphatic imine (C=N–C) groups is 2. The van der Waals surface area contributed by atoms with Crippen molar-refractivity contribution in [3.05, 3.63) is 54.1 Å². The van der Waals surface area contributed by atoms with Crippen LogP contribution in [-0.4, -0.2) is 290 Å². The molecule has 682 valence electrons. The molecule has 2 aromatic rings. The van der Waals surface area contributed by atoms with E-state index < -0.39 is 229 Å². The first-order valence-electron chi connectivity index (χ1n) is 41.2. The summed E-state index contributed by atoms with van der Waals surface area (Å²) in [5, 5.41) is 64.2. The van der Waals surface area contributed by atoms with Crippen LogP contribution in [-0.2, 0) is 94.3 Å². The Kier molecular flexibility index (Phi) is 42.4. The number of imidazole rings is 1. The number of nitrogens with one attached hydrogen (secondary N) is 14. The van der Waals surface area contributed by atoms with Crippen LogP contribution in [0.2, 0.25) is 0 Å². The van der Waals surface area contributed by atoms with Gasteiger partial charge in [-0.25, -0.2) is 9.78 Å². The molecule has 1 aromatic heterocycles. The van der Waals surface area contributed by atoms with E-state index in [4.69, 9.17) is 28.7 Å². The van der Waals surface area contributed by atoms with Gasteiger partial charge in [0.2, 0.25) is 88.6 Å². The number of benzene rings is 1. The van der Waals surface area contributed by atoms with E-state index in [1.807, 2.05) is 6.26 Å². The predicted octanol–water partition coefficient (Wildman–Crippen LogP) is -6.20. The number of hydrogen-bond donors (Lipinski definition) is 22. The van der Waals surface area contributed by atoms with E-state index in [0.717, 1.165) is 13.3 Å². The maximum Gasteiger partial charge on any atom is 0.326 e. The number of hydrogen-bond acceptors (Lipinski definition) is 23. The van der Waals surface area contributed by atoms with E-state index in [0.29, 0.717) is 37.1 Å². The molecule has 3 aliphatic rings. The summed E-state index contributed by atoms with van der Waals surface area (Å²) in [4.78, 5) is 254. The Balaban J connectivity index is 1.30. The number of H-pyrrole nitrogens is 1. The monoisotopic (exact) mass is 1750 g/mol. The van der Waals surface area contributed by atoms with E-state index in [2.05, 4.69) is 89.1 Å². The van der Waals surface area contributed by atoms with Gasteiger partial charge in [-0.1, -0.05) is 71.9 Å². The van der Waals surface area contributed by atoms with Gasteiger partial charge in [0, 0.05) is 57.3 Å². The highest BCUT2D eigenvalue weighted by molar-refractivity contribution is 7.98. The first kappa shape index (κ1) is 102. The minimum absolute atomic E-state index is 0.0107. The third-order valence-corrected chi connectivity index (χ3v) is 21.2. The number of aliphatic hydroxyl groups excluding tert-OH is 1. The summed E-state index contributed by atoms with van der Waals surface area (Å²) in [5.41, 5.74) is 28.6. The lowest BCUT2D eigenvalue weighted by Crippen LogP contribution is -2.62. The summed E-state index contributed by atoms with van der Waals surface area (Å²) in [6.45, 7) is 10.6. The quantitative estimate of drug-likeness (QED) is 0.0166. The number of aromatic nitrogens is 2. The van der Waals surface area contributed by atoms with Gasteiger partial charge in [0.15, 0.2) is 11.9 Å². The topological polar surface area (TPSA) is 697 Å². The highest BCUT2D eigenvalue weighted by atomic mass is 32.2. The first-order valence-corrected chi connectivity index (χ1v) is 42.6. The molecule has 0 spiro atoms. The maximum atomic E-state index is 14.9. The van der Waals surface area contributed by atoms with Crippen molar-refractivity contribution < 1.29 is 96.8 Å². The zero-order chi connectivity index (χ0) is 91.3. The number of carboxylic acid groups (broad SMARTS) is 2. The molecule has 44 nitrogen and oxygen atoms in total. The molecular formula is C78H124N24O20S. The largest absolute Gasteiger partial charge is 0.481 e. The molecule has 3 saturated heterocycles. The Morgan fingerprint density at radius 3 is 1.59 bits per heavy atom. The van der Waals surface area contributed by atoms with Crippen molar-refractivity contribution >= 4 is 124 Å². The van der Waals surface area contributed by atoms with Gasteiger partial charge >= 0.3 is 11.9 Å². The summed E-state index contributed by atoms with van der Waals surface area (Å²) in [6.07, 6.45) is 2.41. The minimum Gasteiger partial charge on any atom is -0.481 e. The molecule has 3 aliphatic heterocycles. The third kappa shape index (κ3) is 34.2. The van der Waals surface area contributed by atoms with E-state index in [-0.39, 0.29) is 114 Å². The van der Waals surface area contributed by atoms with Gasteiger partial charge in [-0.15, -0.1) is 0 Å². The fraction of sp³-hybridized carbons (Fsp3) is 0.641. The number of nitrogens with two attached hydrogens (primary N) is 5. The number of carbonyl (C=O) groups excluding carboxylic acids is 15. The van der Waals surface area contributed by atoms with Crippen LogP contribution in [0, 0.1) is 17.8 Å². The van der Waals surface area contributed by atoms with Crippen molar-refractivity contribution in [2.24, 2.45) is 56.4 Å². The SMILES string of the molecule is CSCC[C@H](NC(=O)[C@@H]1CCCN1)C(=O)N[C@@H](Cc1ccccc1)C(=O)N[C@@H](CC(N)=O)C(=O)N[C@H](C(=O)N[C@@H](Cc1cnc[nH]1)C(=O)N[C@H](C(=O)NCC(=O)N[C@@H](CCC(=O)O)C(=O)N[C@@H](CCCN=C(N)N)C(=O)N[C@@H](CC(C)C)C(=O)N1CCC[C@H]1C(=O)N1CCC[C@H]1C(=O)N[C@@H](CCCN=C(N)N)C(=O)N[C@H](C(=O)O)C(C)C)[C@@H](C)O)C(C)C. The average Bonchev–Trinajstić information content (AvgIpc) is 1.66. The fourth-order valence-corrected chi connectivity index (χ4v) is 14.6. The van der Waals surface area contributed by atoms with Gasteiger partial charge in [0.1, 0.15) is 78.5 Å². The summed E-state index contributed by atoms with van der Waals surface area (Å²) >= 11 is 1.43. The number of rotatable bonds is 52. The number of nitrogens with zero attached hydrogens (tertiary/aromatic N) is 5. The van der Waals surface area contributed by atoms with E-state index >= 15 is 0 Å². The Labute approximate surface area is 716 Å². The number of carbonyl (C=O) groups is 17. The van der Waals surface area contributed by atoms with Crippen LogP contribution in [0.5, 0.6) is 0 Å². The summed E-state index contributed by atoms with van der Waals surface area (Å²) in [7, 11) is 0. The second kappa shape index (κ2) is 51.2. The molecule has 15 atom stereocenters. The smallest absolute Gasteiger partial charge is 0.326 e. The van der Waals surface area contributed by atoms with Crippen molar-refractivity contribution in [3.63, 3.8) is 0 Å². The number of carboxylic acids is 2. The third-order valence-electron chi connectivity index (χ3n) is 20.6. The van der Waals surface area contributed by atoms with Gasteiger partial charge in [-0.2, -0.15) is 11.8 Å². The molecule has 45 heteroatoms. The number of likely N-dealkylation sites (tertiary alicyclic amines) is 2. The zero-order valence-corrected chi connectivity index (χ0v) is 71.5. The molecule has 0 radical (unpaired) electrons. The molecule has 4 heterocycles. The second-order valence-electron chi connectivity index (χ2n) is 31.7. The number of primary amides is 1. The molecule has 1 aromatic carbocycles. The summed E-state index contributed by atoms with van der Waals surface area (Å²) in [6, 6.07) is -10.9. The van der Waals surface area contributed by atoms with Gasteiger partial charge < -0.3 is 128 Å². The molecule has 123 heavy (non-hydrogen) atoms. The molecule has 0 unspecified atom stereocenters. The summed E-state index contributed by atoms with van der Waals surface area (Å²) < 4.78 is 0. The van der Waals surface area contributed by atoms with E-state index in [1.165, 1.54) is 47.9 Å². The van der Waals surface area contributed by atoms with E-state index in [9.17, 15) is 96.8 Å². The normalized spacial score (nSPS) is 17.8. The number of amides is 15. The lowest BCUT2D eigenvalue weighted by Gasteiger charge is -2.34. The van der Waals surface area contributed by atoms with Gasteiger partial charge in [-0.3, -0.25) is 86.7 Å². The number of aliphatic hydroxyl groups is 1. The van der Waals surface area contributed by atoms with Crippen molar-refractivity contribution in [3.8, 4) is 0 Å². The van der Waals surface area contributed by atoms with Gasteiger partial charge in [0.05, 0.1) is 31.4 Å². The van der Waals surface area contributed by atoms with Crippen molar-refractivity contribution in [2.75, 3.05) is 51.3 Å². The van der Waals surface area contributed by atoms with Crippen LogP contribution in [0.3, 0.4) is 0 Å². The molecule has 15 amide bonds. The molecule has 0 aliphatic carbocycles. The Morgan fingerprint density at radius 2 is 1.04 bits per heavy atom. The predicted molar refractivity (Wildman–Crippen MR) is 449 cm³/mol. The molecule has 27 N–H and O–H groups in total. The Morgan fingerprint density at radius 1 is 0.537 bits per heavy atom. The maximum absolute atomic E-state index is 14.9. The number of guanidine groups is 2. The molecular weight excluding hydrogens is 1630 g/mol. The highest BCUT2D eigenvalue weighted by Crippen LogP contribution is 2.27. The van der Waals surface area contributed by atoms with E-state index in [1.54, 1.807) is 58.0 Å². The van der Waals surface area contributed by atoms with Crippen LogP contribution < -0.4 is 97.8 Å². The Hall–Kier alpha value is -11.8. The van der Waals surface area contributed by atoms with Crippen LogP contribution >= 0.6 is 11.8 Å². The Bertz CT molecular complexity index is 4010. The van der Waals surface area contributed by atoms with Crippen LogP contribution in [0.4, 0.5) is 0 Å². The zero-order valence-electron chi connectivity index (χ0n) is 70.7. The average molecular weight is 1750 g/mol. The number of aromatic amines is 1. The first-order chi connectivity index (χ1) is 58.2. The van der Waals surface area contributed by atoms with Crippen molar-refractivity contribution in [1.82, 2.24) is 88.9 Å². The van der Waals surface area contributed by atoms with Crippen LogP contribution in [0.15, 0.2) is 52.8 Å². The molecule has 0 saturated carbocycles. The number of aliphatic carboxylic acids is 2. The van der Waals surface area contributed by atoms with Crippen molar-refractivity contribution in [2.45, 2.75) is 248 Å². The molecule has 3 fully saturated rings. The molecule has 5 rings (SSSR count). The van der Waals surface area contributed by atoms with Gasteiger partial charge in [0.25, 0.3) is 0 Å². The highest BCUT2D eigenvalue weighted by Gasteiger charge is 2.46. The standard InChI is InChI=1S/C78H124N24O20S/c1-40(2)33-54(74(119)102-31-16-23-56(102)75(120)101-30-15-22-55(101)71(116)93-48(21-14-29-87-78(82)83)67(112)99-61(42(5)6)76(121)122)97-64(109)47(20-13-28-86-77(80)81)91-65(110)49(24-25-59(106)107)90-58(105)38-88-72(117)62(43(7)103)100-69(114)52(35-45-37-84-39-89-45)96-73(118)60(41(3)4)98-70(115)53(36-57(79)104)95-68(113)51(34-44-17-10-9-11-18-44)94-66(111)50(26-32-123-8)92-63(108)46-19-12-27-85-46/h9-11,17-18,37,39-43,46-56,60-62,85,103H,12-16,19-36,38H2,1-8H3,(H2,79,104)(H,84,89)(H,88,117)(H,90,105)(H,91,110)(H,92,108)(H,93,116)(H,94,111)(H,95,113)(H,96,118)(H,97,109)(H,98,115)(H,99,112)(H,100,114)(H,106,107)(H,121,122)(H4,80,81,86)(H4,82,83,87)/t43-,46+,47+,48+,49+,50+,51+,52+,53+,54+,55+,56+,60+,61+,62+/m1/s1. The van der Waals surface area contributed by atoms with Gasteiger partial charge in [-0.05, 0) is 132 Å². The second-order valence-corrected chi connectivity index (χ2v) is 32.7. The van der Waals surface area contributed by atoms with Crippen LogP contribution in [0.25, 0.3) is 0 Å². The lowest BCUT2D eigenvalue weighted by molar-refractivity contribution is -0.148. The fourth-order valence-electron chi connectivity index (χ4n) is 14.1. The molecule has 0 bridgehead atoms.